The molecule has 4 atom stereocenters. The van der Waals surface area contributed by atoms with Crippen molar-refractivity contribution in [2.45, 2.75) is 18.1 Å². The Morgan fingerprint density at radius 2 is 2.21 bits per heavy atom. The predicted molar refractivity (Wildman–Crippen MR) is 87.8 cm³/mol. The molecule has 1 aliphatic heterocycles. The van der Waals surface area contributed by atoms with Crippen LogP contribution < -0.4 is 5.32 Å². The van der Waals surface area contributed by atoms with Crippen LogP contribution >= 0.6 is 0 Å². The highest BCUT2D eigenvalue weighted by Crippen LogP contribution is 2.29. The van der Waals surface area contributed by atoms with Crippen molar-refractivity contribution >= 4 is 5.91 Å². The van der Waals surface area contributed by atoms with Crippen molar-refractivity contribution in [2.24, 2.45) is 5.92 Å². The fraction of sp³-hybridized carbons (Fsp3) is 0.562. The van der Waals surface area contributed by atoms with Gasteiger partial charge in [0.25, 0.3) is 0 Å². The van der Waals surface area contributed by atoms with Crippen LogP contribution in [0.3, 0.4) is 0 Å². The number of hydrogen-bond acceptors (Lipinski definition) is 5. The summed E-state index contributed by atoms with van der Waals surface area (Å²) in [7, 11) is 5.64. The molecular formula is C16H23FN6O. The van der Waals surface area contributed by atoms with Crippen molar-refractivity contribution < 1.29 is 9.18 Å². The van der Waals surface area contributed by atoms with E-state index in [0.29, 0.717) is 13.1 Å². The minimum Gasteiger partial charge on any atom is -0.338 e. The third-order valence-electron chi connectivity index (χ3n) is 4.84. The topological polar surface area (TPSA) is 66.3 Å². The summed E-state index contributed by atoms with van der Waals surface area (Å²) < 4.78 is 15.8. The number of nitrogens with zero attached hydrogens (tertiary/aromatic N) is 5. The molecule has 1 fully saturated rings. The summed E-state index contributed by atoms with van der Waals surface area (Å²) in [6.07, 6.45) is 8.22. The van der Waals surface area contributed by atoms with Gasteiger partial charge >= 0.3 is 0 Å². The highest BCUT2D eigenvalue weighted by Gasteiger charge is 2.41. The van der Waals surface area contributed by atoms with Crippen molar-refractivity contribution in [1.29, 1.82) is 0 Å². The zero-order chi connectivity index (χ0) is 17.3. The Labute approximate surface area is 140 Å². The second-order valence-corrected chi connectivity index (χ2v) is 6.45. The molecule has 0 spiro atoms. The smallest absolute Gasteiger partial charge is 0.231 e. The van der Waals surface area contributed by atoms with Crippen LogP contribution in [0.25, 0.3) is 0 Å². The summed E-state index contributed by atoms with van der Waals surface area (Å²) in [5.74, 6) is -0.907. The maximum absolute atomic E-state index is 14.0. The van der Waals surface area contributed by atoms with Crippen molar-refractivity contribution in [3.05, 3.63) is 36.4 Å². The summed E-state index contributed by atoms with van der Waals surface area (Å²) in [4.78, 5) is 16.9. The van der Waals surface area contributed by atoms with Crippen LogP contribution in [0.5, 0.6) is 0 Å². The average Bonchev–Trinajstić information content (AvgIpc) is 3.22. The van der Waals surface area contributed by atoms with Gasteiger partial charge in [0.05, 0.1) is 30.2 Å². The quantitative estimate of drug-likeness (QED) is 0.853. The van der Waals surface area contributed by atoms with Crippen LogP contribution in [0.2, 0.25) is 0 Å². The molecule has 1 N–H and O–H groups in total. The molecule has 2 aliphatic rings. The first-order valence-electron chi connectivity index (χ1n) is 8.05. The van der Waals surface area contributed by atoms with Gasteiger partial charge < -0.3 is 15.1 Å². The van der Waals surface area contributed by atoms with E-state index in [4.69, 9.17) is 0 Å². The second-order valence-electron chi connectivity index (χ2n) is 6.45. The van der Waals surface area contributed by atoms with E-state index in [9.17, 15) is 9.18 Å². The number of nitrogens with one attached hydrogen (secondary N) is 1. The number of amides is 1. The molecule has 2 unspecified atom stereocenters. The molecule has 1 amide bonds. The fourth-order valence-corrected chi connectivity index (χ4v) is 3.52. The predicted octanol–water partition coefficient (Wildman–Crippen LogP) is 0.219. The second kappa shape index (κ2) is 6.82. The van der Waals surface area contributed by atoms with Crippen molar-refractivity contribution in [3.63, 3.8) is 0 Å². The van der Waals surface area contributed by atoms with Gasteiger partial charge in [-0.1, -0.05) is 17.4 Å². The van der Waals surface area contributed by atoms with E-state index < -0.39 is 12.0 Å². The Hall–Kier alpha value is -2.06. The SMILES string of the molecule is CNC1C(F)=CC=CC1C(=O)N1C[C@@H](N(C)C)[C@@H](n2ccnn2)C1. The summed E-state index contributed by atoms with van der Waals surface area (Å²) in [5, 5.41) is 10.9. The summed E-state index contributed by atoms with van der Waals surface area (Å²) in [5.41, 5.74) is 0. The molecule has 24 heavy (non-hydrogen) atoms. The number of likely N-dealkylation sites (N-methyl/N-ethyl adjacent to an activating group) is 2. The maximum Gasteiger partial charge on any atom is 0.231 e. The van der Waals surface area contributed by atoms with Crippen LogP contribution in [-0.2, 0) is 4.79 Å². The normalized spacial score (nSPS) is 30.0. The number of hydrogen-bond donors (Lipinski definition) is 1. The number of carbonyl (C=O) groups is 1. The number of rotatable bonds is 4. The lowest BCUT2D eigenvalue weighted by atomic mass is 9.93. The molecular weight excluding hydrogens is 311 g/mol. The van der Waals surface area contributed by atoms with Crippen LogP contribution in [0.15, 0.2) is 36.4 Å². The first kappa shape index (κ1) is 16.8. The van der Waals surface area contributed by atoms with Crippen LogP contribution in [-0.4, -0.2) is 77.0 Å². The van der Waals surface area contributed by atoms with E-state index in [-0.39, 0.29) is 23.8 Å². The minimum atomic E-state index is -0.606. The van der Waals surface area contributed by atoms with Gasteiger partial charge in [-0.3, -0.25) is 4.79 Å². The molecule has 0 radical (unpaired) electrons. The lowest BCUT2D eigenvalue weighted by molar-refractivity contribution is -0.133. The average molecular weight is 334 g/mol. The highest BCUT2D eigenvalue weighted by atomic mass is 19.1. The Morgan fingerprint density at radius 1 is 1.42 bits per heavy atom. The molecule has 130 valence electrons. The van der Waals surface area contributed by atoms with Crippen molar-refractivity contribution in [1.82, 2.24) is 30.1 Å². The summed E-state index contributed by atoms with van der Waals surface area (Å²) >= 11 is 0. The zero-order valence-electron chi connectivity index (χ0n) is 14.1. The molecule has 0 bridgehead atoms. The molecule has 3 rings (SSSR count). The van der Waals surface area contributed by atoms with Crippen LogP contribution in [0.4, 0.5) is 4.39 Å². The largest absolute Gasteiger partial charge is 0.338 e. The molecule has 2 heterocycles. The van der Waals surface area contributed by atoms with Gasteiger partial charge in [-0.25, -0.2) is 9.07 Å². The molecule has 7 nitrogen and oxygen atoms in total. The van der Waals surface area contributed by atoms with Crippen LogP contribution in [0.1, 0.15) is 6.04 Å². The molecule has 1 aliphatic carbocycles. The Bertz CT molecular complexity index is 641. The lowest BCUT2D eigenvalue weighted by Crippen LogP contribution is -2.45. The van der Waals surface area contributed by atoms with Gasteiger partial charge in [-0.05, 0) is 27.2 Å². The number of allylic oxidation sites excluding steroid dienone is 2. The lowest BCUT2D eigenvalue weighted by Gasteiger charge is -2.28. The first-order chi connectivity index (χ1) is 11.5. The van der Waals surface area contributed by atoms with Crippen LogP contribution in [0, 0.1) is 5.92 Å². The van der Waals surface area contributed by atoms with Gasteiger partial charge in [0.15, 0.2) is 0 Å². The van der Waals surface area contributed by atoms with E-state index in [1.165, 1.54) is 6.08 Å². The highest BCUT2D eigenvalue weighted by molar-refractivity contribution is 5.82. The Balaban J connectivity index is 1.79. The molecule has 0 saturated carbocycles. The Morgan fingerprint density at radius 3 is 2.83 bits per heavy atom. The number of carbonyl (C=O) groups excluding carboxylic acids is 1. The number of likely N-dealkylation sites (tertiary alicyclic amines) is 1. The van der Waals surface area contributed by atoms with Crippen molar-refractivity contribution in [3.8, 4) is 0 Å². The van der Waals surface area contributed by atoms with E-state index in [2.05, 4.69) is 20.5 Å². The van der Waals surface area contributed by atoms with Gasteiger partial charge in [0.2, 0.25) is 5.91 Å². The monoisotopic (exact) mass is 334 g/mol. The third-order valence-corrected chi connectivity index (χ3v) is 4.84. The first-order valence-corrected chi connectivity index (χ1v) is 8.05. The molecule has 8 heteroatoms. The van der Waals surface area contributed by atoms with E-state index in [1.54, 1.807) is 35.0 Å². The molecule has 1 aromatic heterocycles. The zero-order valence-corrected chi connectivity index (χ0v) is 14.1. The van der Waals surface area contributed by atoms with Gasteiger partial charge in [-0.15, -0.1) is 5.10 Å². The minimum absolute atomic E-state index is 0.0347. The third kappa shape index (κ3) is 2.99. The number of halogens is 1. The van der Waals surface area contributed by atoms with E-state index >= 15 is 0 Å². The summed E-state index contributed by atoms with van der Waals surface area (Å²) in [6.45, 7) is 1.12. The number of aromatic nitrogens is 3. The maximum atomic E-state index is 14.0. The van der Waals surface area contributed by atoms with E-state index in [0.717, 1.165) is 0 Å². The van der Waals surface area contributed by atoms with Crippen molar-refractivity contribution in [2.75, 3.05) is 34.2 Å². The van der Waals surface area contributed by atoms with E-state index in [1.807, 2.05) is 20.3 Å². The van der Waals surface area contributed by atoms with Gasteiger partial charge in [0.1, 0.15) is 5.83 Å². The van der Waals surface area contributed by atoms with Gasteiger partial charge in [-0.2, -0.15) is 0 Å². The van der Waals surface area contributed by atoms with Gasteiger partial charge in [0, 0.05) is 19.3 Å². The molecule has 1 aromatic rings. The summed E-state index contributed by atoms with van der Waals surface area (Å²) in [6, 6.07) is -0.435. The molecule has 0 aromatic carbocycles. The fourth-order valence-electron chi connectivity index (χ4n) is 3.52. The Kier molecular flexibility index (Phi) is 4.77. The standard InChI is InChI=1S/C16H23FN6O/c1-18-15-11(5-4-6-12(15)17)16(24)22-9-13(21(2)3)14(10-22)23-8-7-19-20-23/h4-8,11,13-15,18H,9-10H2,1-3H3/t11?,13-,14+,15?/m1/s1. The molecule has 1 saturated heterocycles.